The minimum atomic E-state index is -0.813. The fraction of sp³-hybridized carbons (Fsp3) is 0.667. The van der Waals surface area contributed by atoms with E-state index in [1.54, 1.807) is 0 Å². The summed E-state index contributed by atoms with van der Waals surface area (Å²) in [5.74, 6) is 0. The summed E-state index contributed by atoms with van der Waals surface area (Å²) in [6.45, 7) is 0.512. The molecule has 1 N–H and O–H groups in total. The Balaban J connectivity index is 1.72. The van der Waals surface area contributed by atoms with Gasteiger partial charge in [-0.1, -0.05) is 12.2 Å². The SMILES string of the molecule is O=C(NC1CC=CC1)N1CC(F)C1. The number of rotatable bonds is 1. The Hall–Kier alpha value is -1.06. The van der Waals surface area contributed by atoms with Crippen LogP contribution in [0.1, 0.15) is 12.8 Å². The van der Waals surface area contributed by atoms with Crippen molar-refractivity contribution in [2.45, 2.75) is 25.1 Å². The second-order valence-corrected chi connectivity index (χ2v) is 3.59. The Kier molecular flexibility index (Phi) is 2.20. The minimum absolute atomic E-state index is 0.123. The highest BCUT2D eigenvalue weighted by molar-refractivity contribution is 5.75. The second-order valence-electron chi connectivity index (χ2n) is 3.59. The summed E-state index contributed by atoms with van der Waals surface area (Å²) in [5, 5.41) is 2.86. The zero-order valence-corrected chi connectivity index (χ0v) is 7.37. The maximum Gasteiger partial charge on any atom is 0.317 e. The third-order valence-corrected chi connectivity index (χ3v) is 2.46. The quantitative estimate of drug-likeness (QED) is 0.607. The van der Waals surface area contributed by atoms with E-state index < -0.39 is 6.17 Å². The Morgan fingerprint density at radius 3 is 2.54 bits per heavy atom. The van der Waals surface area contributed by atoms with Crippen LogP contribution in [0, 0.1) is 0 Å². The zero-order valence-electron chi connectivity index (χ0n) is 7.37. The molecule has 0 bridgehead atoms. The summed E-state index contributed by atoms with van der Waals surface area (Å²) in [6.07, 6.45) is 5.10. The topological polar surface area (TPSA) is 32.3 Å². The molecule has 0 spiro atoms. The van der Waals surface area contributed by atoms with Crippen molar-refractivity contribution in [2.24, 2.45) is 0 Å². The Morgan fingerprint density at radius 2 is 2.00 bits per heavy atom. The van der Waals surface area contributed by atoms with Crippen LogP contribution in [0.15, 0.2) is 12.2 Å². The van der Waals surface area contributed by atoms with Gasteiger partial charge < -0.3 is 10.2 Å². The zero-order chi connectivity index (χ0) is 9.26. The number of urea groups is 1. The molecule has 4 heteroatoms. The number of carbonyl (C=O) groups is 1. The van der Waals surface area contributed by atoms with E-state index in [2.05, 4.69) is 17.5 Å². The van der Waals surface area contributed by atoms with Crippen molar-refractivity contribution in [3.05, 3.63) is 12.2 Å². The van der Waals surface area contributed by atoms with E-state index in [1.807, 2.05) is 0 Å². The molecule has 2 rings (SSSR count). The number of nitrogens with zero attached hydrogens (tertiary/aromatic N) is 1. The monoisotopic (exact) mass is 184 g/mol. The van der Waals surface area contributed by atoms with E-state index in [0.717, 1.165) is 12.8 Å². The molecule has 72 valence electrons. The molecule has 1 saturated heterocycles. The predicted molar refractivity (Wildman–Crippen MR) is 47.2 cm³/mol. The van der Waals surface area contributed by atoms with Crippen molar-refractivity contribution < 1.29 is 9.18 Å². The normalized spacial score (nSPS) is 23.3. The van der Waals surface area contributed by atoms with Crippen LogP contribution in [0.25, 0.3) is 0 Å². The van der Waals surface area contributed by atoms with Gasteiger partial charge in [-0.3, -0.25) is 0 Å². The van der Waals surface area contributed by atoms with Gasteiger partial charge in [-0.2, -0.15) is 0 Å². The molecule has 13 heavy (non-hydrogen) atoms. The Labute approximate surface area is 76.6 Å². The molecule has 2 aliphatic rings. The number of hydrogen-bond acceptors (Lipinski definition) is 1. The highest BCUT2D eigenvalue weighted by Gasteiger charge is 2.31. The summed E-state index contributed by atoms with van der Waals surface area (Å²) in [7, 11) is 0. The van der Waals surface area contributed by atoms with Crippen LogP contribution in [0.5, 0.6) is 0 Å². The molecule has 0 aromatic carbocycles. The number of halogens is 1. The highest BCUT2D eigenvalue weighted by Crippen LogP contribution is 2.13. The molecule has 0 aromatic heterocycles. The lowest BCUT2D eigenvalue weighted by molar-refractivity contribution is 0.0883. The number of carbonyl (C=O) groups excluding carboxylic acids is 1. The van der Waals surface area contributed by atoms with E-state index >= 15 is 0 Å². The molecule has 1 fully saturated rings. The summed E-state index contributed by atoms with van der Waals surface area (Å²) >= 11 is 0. The van der Waals surface area contributed by atoms with Crippen LogP contribution in [0.4, 0.5) is 9.18 Å². The lowest BCUT2D eigenvalue weighted by Gasteiger charge is -2.35. The average molecular weight is 184 g/mol. The first-order chi connectivity index (χ1) is 6.25. The molecule has 3 nitrogen and oxygen atoms in total. The molecule has 0 radical (unpaired) electrons. The number of amides is 2. The van der Waals surface area contributed by atoms with Crippen LogP contribution in [-0.2, 0) is 0 Å². The number of nitrogens with one attached hydrogen (secondary N) is 1. The minimum Gasteiger partial charge on any atom is -0.335 e. The van der Waals surface area contributed by atoms with Gasteiger partial charge in [0.25, 0.3) is 0 Å². The van der Waals surface area contributed by atoms with E-state index in [9.17, 15) is 9.18 Å². The molecular formula is C9H13FN2O. The fourth-order valence-electron chi connectivity index (χ4n) is 1.59. The van der Waals surface area contributed by atoms with Crippen molar-refractivity contribution in [2.75, 3.05) is 13.1 Å². The second kappa shape index (κ2) is 3.36. The molecule has 0 saturated carbocycles. The van der Waals surface area contributed by atoms with Crippen molar-refractivity contribution in [1.82, 2.24) is 10.2 Å². The van der Waals surface area contributed by atoms with Gasteiger partial charge in [-0.05, 0) is 12.8 Å². The van der Waals surface area contributed by atoms with Crippen LogP contribution in [0.2, 0.25) is 0 Å². The van der Waals surface area contributed by atoms with E-state index in [0.29, 0.717) is 0 Å². The molecular weight excluding hydrogens is 171 g/mol. The Bertz CT molecular complexity index is 228. The lowest BCUT2D eigenvalue weighted by Crippen LogP contribution is -2.56. The molecule has 1 heterocycles. The van der Waals surface area contributed by atoms with Gasteiger partial charge in [0.1, 0.15) is 6.17 Å². The number of alkyl halides is 1. The van der Waals surface area contributed by atoms with Gasteiger partial charge in [0.15, 0.2) is 0 Å². The van der Waals surface area contributed by atoms with Gasteiger partial charge >= 0.3 is 6.03 Å². The third-order valence-electron chi connectivity index (χ3n) is 2.46. The number of likely N-dealkylation sites (tertiary alicyclic amines) is 1. The van der Waals surface area contributed by atoms with Crippen molar-refractivity contribution in [3.8, 4) is 0 Å². The van der Waals surface area contributed by atoms with Gasteiger partial charge in [-0.25, -0.2) is 9.18 Å². The number of hydrogen-bond donors (Lipinski definition) is 1. The molecule has 2 amide bonds. The van der Waals surface area contributed by atoms with Gasteiger partial charge in [-0.15, -0.1) is 0 Å². The largest absolute Gasteiger partial charge is 0.335 e. The maximum absolute atomic E-state index is 12.4. The Morgan fingerprint density at radius 1 is 1.38 bits per heavy atom. The fourth-order valence-corrected chi connectivity index (χ4v) is 1.59. The standard InChI is InChI=1S/C9H13FN2O/c10-7-5-12(6-7)9(13)11-8-3-1-2-4-8/h1-2,7-8H,3-6H2,(H,11,13). The van der Waals surface area contributed by atoms with Crippen LogP contribution < -0.4 is 5.32 Å². The first kappa shape index (κ1) is 8.53. The van der Waals surface area contributed by atoms with Gasteiger partial charge in [0, 0.05) is 6.04 Å². The van der Waals surface area contributed by atoms with Crippen LogP contribution in [-0.4, -0.2) is 36.2 Å². The van der Waals surface area contributed by atoms with Crippen LogP contribution >= 0.6 is 0 Å². The smallest absolute Gasteiger partial charge is 0.317 e. The first-order valence-electron chi connectivity index (χ1n) is 4.60. The van der Waals surface area contributed by atoms with Crippen LogP contribution in [0.3, 0.4) is 0 Å². The summed E-state index contributed by atoms with van der Waals surface area (Å²) in [6, 6.07) is 0.105. The molecule has 0 aromatic rings. The molecule has 0 atom stereocenters. The molecule has 1 aliphatic heterocycles. The molecule has 1 aliphatic carbocycles. The lowest BCUT2D eigenvalue weighted by atomic mass is 10.2. The molecule has 0 unspecified atom stereocenters. The van der Waals surface area contributed by atoms with Crippen molar-refractivity contribution >= 4 is 6.03 Å². The van der Waals surface area contributed by atoms with Gasteiger partial charge in [0.05, 0.1) is 13.1 Å². The summed E-state index contributed by atoms with van der Waals surface area (Å²) in [5.41, 5.74) is 0. The summed E-state index contributed by atoms with van der Waals surface area (Å²) in [4.78, 5) is 12.9. The predicted octanol–water partition coefficient (Wildman–Crippen LogP) is 1.07. The van der Waals surface area contributed by atoms with E-state index in [1.165, 1.54) is 4.90 Å². The van der Waals surface area contributed by atoms with E-state index in [-0.39, 0.29) is 25.2 Å². The van der Waals surface area contributed by atoms with Gasteiger partial charge in [0.2, 0.25) is 0 Å². The average Bonchev–Trinajstić information content (AvgIpc) is 2.51. The highest BCUT2D eigenvalue weighted by atomic mass is 19.1. The van der Waals surface area contributed by atoms with Crippen molar-refractivity contribution in [1.29, 1.82) is 0 Å². The first-order valence-corrected chi connectivity index (χ1v) is 4.60. The maximum atomic E-state index is 12.4. The van der Waals surface area contributed by atoms with E-state index in [4.69, 9.17) is 0 Å². The third kappa shape index (κ3) is 1.82. The van der Waals surface area contributed by atoms with Crippen molar-refractivity contribution in [3.63, 3.8) is 0 Å². The summed E-state index contributed by atoms with van der Waals surface area (Å²) < 4.78 is 12.4.